The van der Waals surface area contributed by atoms with Crippen LogP contribution in [0.1, 0.15) is 54.4 Å². The molecule has 0 spiro atoms. The van der Waals surface area contributed by atoms with Gasteiger partial charge < -0.3 is 0 Å². The number of fused-ring (bicyclic) bond motifs is 6. The number of hydrogen-bond donors (Lipinski definition) is 2. The molecule has 2 atom stereocenters. The van der Waals surface area contributed by atoms with Crippen LogP contribution in [0.3, 0.4) is 0 Å². The molecule has 3 aromatic rings. The van der Waals surface area contributed by atoms with Crippen molar-refractivity contribution in [2.75, 3.05) is 0 Å². The molecule has 1 heterocycles. The van der Waals surface area contributed by atoms with E-state index in [0.717, 1.165) is 12.1 Å². The third-order valence-electron chi connectivity index (χ3n) is 7.04. The van der Waals surface area contributed by atoms with Gasteiger partial charge in [-0.05, 0) is 42.5 Å². The van der Waals surface area contributed by atoms with Gasteiger partial charge in [0.2, 0.25) is 0 Å². The third-order valence-corrected chi connectivity index (χ3v) is 7.76. The maximum Gasteiger partial charge on any atom is 0.272 e. The van der Waals surface area contributed by atoms with Crippen molar-refractivity contribution in [1.29, 1.82) is 0 Å². The highest BCUT2D eigenvalue weighted by Crippen LogP contribution is 2.67. The molecule has 9 heteroatoms. The molecule has 2 unspecified atom stereocenters. The predicted octanol–water partition coefficient (Wildman–Crippen LogP) is 4.69. The summed E-state index contributed by atoms with van der Waals surface area (Å²) in [5.74, 6) is -1.78. The fourth-order valence-corrected chi connectivity index (χ4v) is 5.63. The zero-order chi connectivity index (χ0) is 22.8. The summed E-state index contributed by atoms with van der Waals surface area (Å²) < 4.78 is 13.9. The second-order valence-electron chi connectivity index (χ2n) is 8.82. The molecule has 5 rings (SSSR count). The van der Waals surface area contributed by atoms with Crippen molar-refractivity contribution < 1.29 is 14.0 Å². The lowest BCUT2D eigenvalue weighted by atomic mass is 9.68. The Kier molecular flexibility index (Phi) is 4.69. The Hall–Kier alpha value is -2.77. The zero-order valence-electron chi connectivity index (χ0n) is 17.3. The van der Waals surface area contributed by atoms with E-state index in [1.54, 1.807) is 18.2 Å². The summed E-state index contributed by atoms with van der Waals surface area (Å²) in [6, 6.07) is 8.88. The maximum absolute atomic E-state index is 13.9. The van der Waals surface area contributed by atoms with Gasteiger partial charge in [-0.25, -0.2) is 14.4 Å². The molecule has 0 saturated heterocycles. The average molecular weight is 473 g/mol. The maximum atomic E-state index is 13.9. The molecule has 0 aliphatic heterocycles. The monoisotopic (exact) mass is 472 g/mol. The standard InChI is InChI=1S/C23H19Cl2FN4O2/c1-22(2)12-7-8-23(22,21(32)30-29-20(31)11-5-3-4-6-15(11)26)19-18(12)27-16-9-13(24)14(25)10-17(16)28-19/h3-6,9-10,12H,7-8H2,1-2H3,(H,29,31)(H,30,32). The largest absolute Gasteiger partial charge is 0.272 e. The number of nitrogens with one attached hydrogen (secondary N) is 2. The van der Waals surface area contributed by atoms with Crippen molar-refractivity contribution in [3.63, 3.8) is 0 Å². The second-order valence-corrected chi connectivity index (χ2v) is 9.63. The summed E-state index contributed by atoms with van der Waals surface area (Å²) in [5.41, 5.74) is 5.73. The average Bonchev–Trinajstić information content (AvgIpc) is 3.13. The Bertz CT molecular complexity index is 1310. The van der Waals surface area contributed by atoms with Crippen LogP contribution in [0.4, 0.5) is 4.39 Å². The highest BCUT2D eigenvalue weighted by Gasteiger charge is 2.68. The lowest BCUT2D eigenvalue weighted by Gasteiger charge is -2.36. The van der Waals surface area contributed by atoms with Gasteiger partial charge in [0.05, 0.1) is 38.0 Å². The topological polar surface area (TPSA) is 84.0 Å². The molecule has 6 nitrogen and oxygen atoms in total. The third kappa shape index (κ3) is 2.77. The number of carbonyl (C=O) groups is 2. The molecule has 1 saturated carbocycles. The van der Waals surface area contributed by atoms with Crippen LogP contribution in [0.25, 0.3) is 11.0 Å². The van der Waals surface area contributed by atoms with Gasteiger partial charge in [-0.2, -0.15) is 0 Å². The first-order chi connectivity index (χ1) is 15.2. The van der Waals surface area contributed by atoms with Gasteiger partial charge in [0, 0.05) is 5.92 Å². The molecule has 2 amide bonds. The smallest absolute Gasteiger partial charge is 0.272 e. The highest BCUT2D eigenvalue weighted by atomic mass is 35.5. The van der Waals surface area contributed by atoms with E-state index in [9.17, 15) is 14.0 Å². The summed E-state index contributed by atoms with van der Waals surface area (Å²) in [5, 5.41) is 0.741. The van der Waals surface area contributed by atoms with E-state index >= 15 is 0 Å². The van der Waals surface area contributed by atoms with Gasteiger partial charge in [-0.1, -0.05) is 49.2 Å². The van der Waals surface area contributed by atoms with Crippen LogP contribution in [-0.4, -0.2) is 21.8 Å². The molecular weight excluding hydrogens is 454 g/mol. The first kappa shape index (κ1) is 21.1. The van der Waals surface area contributed by atoms with Crippen LogP contribution in [-0.2, 0) is 10.2 Å². The van der Waals surface area contributed by atoms with Gasteiger partial charge in [0.15, 0.2) is 0 Å². The van der Waals surface area contributed by atoms with E-state index in [4.69, 9.17) is 33.2 Å². The Balaban J connectivity index is 1.53. The van der Waals surface area contributed by atoms with E-state index in [2.05, 4.69) is 10.9 Å². The number of carbonyl (C=O) groups excluding carboxylic acids is 2. The van der Waals surface area contributed by atoms with E-state index in [0.29, 0.717) is 33.2 Å². The minimum absolute atomic E-state index is 0.0249. The van der Waals surface area contributed by atoms with E-state index in [-0.39, 0.29) is 11.5 Å². The molecule has 32 heavy (non-hydrogen) atoms. The molecular formula is C23H19Cl2FN4O2. The van der Waals surface area contributed by atoms with Gasteiger partial charge in [-0.15, -0.1) is 0 Å². The number of aromatic nitrogens is 2. The van der Waals surface area contributed by atoms with Crippen LogP contribution in [0.15, 0.2) is 36.4 Å². The molecule has 1 fully saturated rings. The number of hydrogen-bond acceptors (Lipinski definition) is 4. The van der Waals surface area contributed by atoms with Crippen LogP contribution in [0.5, 0.6) is 0 Å². The Morgan fingerprint density at radius 1 is 1.06 bits per heavy atom. The molecule has 2 aliphatic carbocycles. The minimum atomic E-state index is -0.997. The summed E-state index contributed by atoms with van der Waals surface area (Å²) in [6.45, 7) is 4.02. The van der Waals surface area contributed by atoms with Crippen LogP contribution < -0.4 is 10.9 Å². The predicted molar refractivity (Wildman–Crippen MR) is 119 cm³/mol. The molecule has 2 bridgehead atoms. The fourth-order valence-electron chi connectivity index (χ4n) is 5.31. The summed E-state index contributed by atoms with van der Waals surface area (Å²) in [7, 11) is 0. The molecule has 2 N–H and O–H groups in total. The van der Waals surface area contributed by atoms with E-state index < -0.39 is 28.5 Å². The molecule has 2 aliphatic rings. The highest BCUT2D eigenvalue weighted by molar-refractivity contribution is 6.42. The molecule has 164 valence electrons. The van der Waals surface area contributed by atoms with Crippen molar-refractivity contribution >= 4 is 46.0 Å². The molecule has 1 aromatic heterocycles. The van der Waals surface area contributed by atoms with E-state index in [1.807, 2.05) is 13.8 Å². The number of nitrogens with zero attached hydrogens (tertiary/aromatic N) is 2. The van der Waals surface area contributed by atoms with Crippen LogP contribution >= 0.6 is 23.2 Å². The lowest BCUT2D eigenvalue weighted by molar-refractivity contribution is -0.130. The van der Waals surface area contributed by atoms with Gasteiger partial charge in [0.1, 0.15) is 11.2 Å². The number of amides is 2. The van der Waals surface area contributed by atoms with Gasteiger partial charge in [-0.3, -0.25) is 20.4 Å². The first-order valence-electron chi connectivity index (χ1n) is 10.2. The van der Waals surface area contributed by atoms with Crippen molar-refractivity contribution in [1.82, 2.24) is 20.8 Å². The zero-order valence-corrected chi connectivity index (χ0v) is 18.8. The SMILES string of the molecule is CC1(C)C2CCC1(C(=O)NNC(=O)c1ccccc1F)c1nc3cc(Cl)c(Cl)cc3nc12. The molecule has 2 aromatic carbocycles. The van der Waals surface area contributed by atoms with E-state index in [1.165, 1.54) is 18.2 Å². The van der Waals surface area contributed by atoms with Crippen molar-refractivity contribution in [2.45, 2.75) is 38.0 Å². The van der Waals surface area contributed by atoms with Crippen LogP contribution in [0.2, 0.25) is 10.0 Å². The summed E-state index contributed by atoms with van der Waals surface area (Å²) >= 11 is 12.3. The van der Waals surface area contributed by atoms with Gasteiger partial charge >= 0.3 is 0 Å². The molecule has 0 radical (unpaired) electrons. The summed E-state index contributed by atoms with van der Waals surface area (Å²) in [4.78, 5) is 35.5. The quantitative estimate of drug-likeness (QED) is 0.529. The van der Waals surface area contributed by atoms with Crippen molar-refractivity contribution in [2.24, 2.45) is 5.41 Å². The first-order valence-corrected chi connectivity index (χ1v) is 10.9. The van der Waals surface area contributed by atoms with Gasteiger partial charge in [0.25, 0.3) is 11.8 Å². The van der Waals surface area contributed by atoms with Crippen molar-refractivity contribution in [3.8, 4) is 0 Å². The Morgan fingerprint density at radius 3 is 2.41 bits per heavy atom. The Morgan fingerprint density at radius 2 is 1.72 bits per heavy atom. The number of hydrazine groups is 1. The van der Waals surface area contributed by atoms with Crippen molar-refractivity contribution in [3.05, 3.63) is 69.2 Å². The fraction of sp³-hybridized carbons (Fsp3) is 0.304. The minimum Gasteiger partial charge on any atom is -0.272 e. The second kappa shape index (κ2) is 7.12. The van der Waals surface area contributed by atoms with Crippen LogP contribution in [0, 0.1) is 11.2 Å². The normalized spacial score (nSPS) is 22.6. The Labute approximate surface area is 193 Å². The number of halogens is 3. The number of benzene rings is 2. The lowest BCUT2D eigenvalue weighted by Crippen LogP contribution is -2.55. The number of rotatable bonds is 2. The summed E-state index contributed by atoms with van der Waals surface area (Å²) in [6.07, 6.45) is 1.32.